The minimum absolute atomic E-state index is 1.03. The summed E-state index contributed by atoms with van der Waals surface area (Å²) in [7, 11) is 0. The van der Waals surface area contributed by atoms with E-state index in [4.69, 9.17) is 0 Å². The van der Waals surface area contributed by atoms with Crippen molar-refractivity contribution >= 4 is 21.5 Å². The van der Waals surface area contributed by atoms with E-state index in [1.807, 2.05) is 0 Å². The fraction of sp³-hybridized carbons (Fsp3) is 0.0714. The minimum atomic E-state index is 1.03. The summed E-state index contributed by atoms with van der Waals surface area (Å²) in [6.45, 7) is 2.24. The van der Waals surface area contributed by atoms with E-state index < -0.39 is 0 Å². The normalized spacial score (nSPS) is 11.2. The number of fused-ring (bicyclic) bond motifs is 2. The highest BCUT2D eigenvalue weighted by Crippen LogP contribution is 2.38. The molecule has 0 nitrogen and oxygen atoms in total. The second kappa shape index (κ2) is 6.98. The summed E-state index contributed by atoms with van der Waals surface area (Å²) in [5.41, 5.74) is 6.57. The van der Waals surface area contributed by atoms with Gasteiger partial charge in [0, 0.05) is 0 Å². The Morgan fingerprint density at radius 1 is 0.536 bits per heavy atom. The molecular weight excluding hydrogens is 336 g/mol. The van der Waals surface area contributed by atoms with Crippen LogP contribution in [0.2, 0.25) is 0 Å². The van der Waals surface area contributed by atoms with E-state index in [9.17, 15) is 0 Å². The lowest BCUT2D eigenvalue weighted by molar-refractivity contribution is 1.16. The smallest absolute Gasteiger partial charge is 0.00672 e. The molecule has 0 bridgehead atoms. The Hall–Kier alpha value is -3.38. The number of hydrogen-bond acceptors (Lipinski definition) is 0. The van der Waals surface area contributed by atoms with Crippen molar-refractivity contribution in [3.05, 3.63) is 109 Å². The molecule has 0 fully saturated rings. The largest absolute Gasteiger partial charge is 0.0622 e. The number of rotatable bonds is 3. The Morgan fingerprint density at radius 3 is 2.14 bits per heavy atom. The van der Waals surface area contributed by atoms with Crippen molar-refractivity contribution in [1.82, 2.24) is 0 Å². The van der Waals surface area contributed by atoms with Crippen molar-refractivity contribution in [2.45, 2.75) is 13.3 Å². The molecule has 0 aliphatic rings. The summed E-state index contributed by atoms with van der Waals surface area (Å²) in [6, 6.07) is 37.4. The maximum absolute atomic E-state index is 2.31. The van der Waals surface area contributed by atoms with Crippen molar-refractivity contribution < 1.29 is 0 Å². The Labute approximate surface area is 166 Å². The molecule has 0 aliphatic carbocycles. The summed E-state index contributed by atoms with van der Waals surface area (Å²) in [5, 5.41) is 5.27. The Balaban J connectivity index is 1.81. The molecule has 0 aliphatic heterocycles. The van der Waals surface area contributed by atoms with Crippen LogP contribution in [0.25, 0.3) is 43.8 Å². The van der Waals surface area contributed by atoms with Gasteiger partial charge in [-0.1, -0.05) is 104 Å². The van der Waals surface area contributed by atoms with Crippen molar-refractivity contribution in [1.29, 1.82) is 0 Å². The van der Waals surface area contributed by atoms with Crippen LogP contribution in [0.3, 0.4) is 0 Å². The van der Waals surface area contributed by atoms with Gasteiger partial charge in [-0.05, 0) is 61.8 Å². The lowest BCUT2D eigenvalue weighted by Gasteiger charge is -2.15. The van der Waals surface area contributed by atoms with Crippen LogP contribution >= 0.6 is 0 Å². The molecule has 0 spiro atoms. The second-order valence-electron chi connectivity index (χ2n) is 7.28. The maximum Gasteiger partial charge on any atom is -0.00672 e. The van der Waals surface area contributed by atoms with E-state index in [0.717, 1.165) is 6.42 Å². The molecule has 0 saturated heterocycles. The van der Waals surface area contributed by atoms with Crippen LogP contribution in [-0.2, 0) is 6.42 Å². The summed E-state index contributed by atoms with van der Waals surface area (Å²) in [4.78, 5) is 0. The third-order valence-corrected chi connectivity index (χ3v) is 5.65. The number of aryl methyl sites for hydroxylation is 1. The highest BCUT2D eigenvalue weighted by atomic mass is 14.2. The van der Waals surface area contributed by atoms with Crippen LogP contribution in [-0.4, -0.2) is 0 Å². The van der Waals surface area contributed by atoms with Gasteiger partial charge >= 0.3 is 0 Å². The molecule has 5 aromatic carbocycles. The fourth-order valence-electron chi connectivity index (χ4n) is 4.24. The molecule has 0 aromatic heterocycles. The van der Waals surface area contributed by atoms with Gasteiger partial charge in [0.05, 0.1) is 0 Å². The van der Waals surface area contributed by atoms with Gasteiger partial charge in [-0.3, -0.25) is 0 Å². The van der Waals surface area contributed by atoms with Gasteiger partial charge in [0.2, 0.25) is 0 Å². The molecule has 0 amide bonds. The van der Waals surface area contributed by atoms with Crippen molar-refractivity contribution in [2.24, 2.45) is 0 Å². The Bertz CT molecular complexity index is 1280. The summed E-state index contributed by atoms with van der Waals surface area (Å²) >= 11 is 0. The van der Waals surface area contributed by atoms with Crippen LogP contribution in [0.5, 0.6) is 0 Å². The zero-order valence-electron chi connectivity index (χ0n) is 16.0. The lowest BCUT2D eigenvalue weighted by atomic mass is 9.88. The first-order valence-electron chi connectivity index (χ1n) is 9.94. The third-order valence-electron chi connectivity index (χ3n) is 5.65. The van der Waals surface area contributed by atoms with E-state index in [1.54, 1.807) is 0 Å². The first kappa shape index (κ1) is 16.8. The first-order chi connectivity index (χ1) is 13.8. The van der Waals surface area contributed by atoms with Gasteiger partial charge in [-0.25, -0.2) is 0 Å². The van der Waals surface area contributed by atoms with Crippen LogP contribution in [0, 0.1) is 0 Å². The van der Waals surface area contributed by atoms with Gasteiger partial charge in [0.25, 0.3) is 0 Å². The molecule has 28 heavy (non-hydrogen) atoms. The van der Waals surface area contributed by atoms with Crippen molar-refractivity contribution in [2.75, 3.05) is 0 Å². The Morgan fingerprint density at radius 2 is 1.32 bits per heavy atom. The maximum atomic E-state index is 2.31. The van der Waals surface area contributed by atoms with Gasteiger partial charge in [-0.15, -0.1) is 0 Å². The van der Waals surface area contributed by atoms with Gasteiger partial charge in [0.1, 0.15) is 0 Å². The average molecular weight is 358 g/mol. The molecule has 0 radical (unpaired) electrons. The molecule has 5 aromatic rings. The van der Waals surface area contributed by atoms with Gasteiger partial charge in [-0.2, -0.15) is 0 Å². The predicted octanol–water partition coefficient (Wildman–Crippen LogP) is 7.89. The van der Waals surface area contributed by atoms with E-state index in [0.29, 0.717) is 0 Å². The monoisotopic (exact) mass is 358 g/mol. The summed E-state index contributed by atoms with van der Waals surface area (Å²) < 4.78 is 0. The zero-order valence-corrected chi connectivity index (χ0v) is 16.0. The second-order valence-corrected chi connectivity index (χ2v) is 7.28. The lowest BCUT2D eigenvalue weighted by Crippen LogP contribution is -1.91. The summed E-state index contributed by atoms with van der Waals surface area (Å²) in [6.07, 6.45) is 1.03. The first-order valence-corrected chi connectivity index (χ1v) is 9.94. The SMILES string of the molecule is CCc1ccc(-c2ccc3ccccc3c2)c2cccc(-c3ccccc3)c12. The molecule has 5 rings (SSSR count). The summed E-state index contributed by atoms with van der Waals surface area (Å²) in [5.74, 6) is 0. The van der Waals surface area contributed by atoms with Crippen LogP contribution in [0.4, 0.5) is 0 Å². The minimum Gasteiger partial charge on any atom is -0.0622 e. The van der Waals surface area contributed by atoms with E-state index in [1.165, 1.54) is 49.4 Å². The van der Waals surface area contributed by atoms with Crippen molar-refractivity contribution in [3.63, 3.8) is 0 Å². The molecule has 0 unspecified atom stereocenters. The molecule has 134 valence electrons. The topological polar surface area (TPSA) is 0 Å². The highest BCUT2D eigenvalue weighted by Gasteiger charge is 2.12. The van der Waals surface area contributed by atoms with Crippen LogP contribution in [0.1, 0.15) is 12.5 Å². The molecule has 0 N–H and O–H groups in total. The third kappa shape index (κ3) is 2.78. The highest BCUT2D eigenvalue weighted by molar-refractivity contribution is 6.07. The predicted molar refractivity (Wildman–Crippen MR) is 122 cm³/mol. The molecule has 0 saturated carbocycles. The van der Waals surface area contributed by atoms with E-state index >= 15 is 0 Å². The average Bonchev–Trinajstić information content (AvgIpc) is 2.78. The number of benzene rings is 5. The van der Waals surface area contributed by atoms with Crippen LogP contribution < -0.4 is 0 Å². The molecule has 0 atom stereocenters. The van der Waals surface area contributed by atoms with Crippen molar-refractivity contribution in [3.8, 4) is 22.3 Å². The number of hydrogen-bond donors (Lipinski definition) is 0. The molecule has 0 heteroatoms. The quantitative estimate of drug-likeness (QED) is 0.307. The van der Waals surface area contributed by atoms with Gasteiger partial charge in [0.15, 0.2) is 0 Å². The molecule has 0 heterocycles. The van der Waals surface area contributed by atoms with E-state index in [-0.39, 0.29) is 0 Å². The standard InChI is InChI=1S/C28H22/c1-2-20-17-18-25(24-16-15-21-9-6-7-12-23(21)19-24)27-14-8-13-26(28(20)27)22-10-4-3-5-11-22/h3-19H,2H2,1H3. The van der Waals surface area contributed by atoms with Gasteiger partial charge < -0.3 is 0 Å². The van der Waals surface area contributed by atoms with Crippen LogP contribution in [0.15, 0.2) is 103 Å². The zero-order chi connectivity index (χ0) is 18.9. The molecular formula is C28H22. The fourth-order valence-corrected chi connectivity index (χ4v) is 4.24. The van der Waals surface area contributed by atoms with E-state index in [2.05, 4.69) is 110 Å². The Kier molecular flexibility index (Phi) is 4.18.